The summed E-state index contributed by atoms with van der Waals surface area (Å²) in [6, 6.07) is 11.4. The van der Waals surface area contributed by atoms with Crippen LogP contribution in [0.15, 0.2) is 67.4 Å². The lowest BCUT2D eigenvalue weighted by Crippen LogP contribution is -2.31. The third-order valence-electron chi connectivity index (χ3n) is 6.22. The molecule has 3 aromatic heterocycles. The number of nitrogens with zero attached hydrogens (tertiary/aromatic N) is 6. The number of rotatable bonds is 6. The van der Waals surface area contributed by atoms with Crippen molar-refractivity contribution in [2.24, 2.45) is 7.05 Å². The Bertz CT molecular complexity index is 1320. The minimum absolute atomic E-state index is 0.0254. The monoisotopic (exact) mass is 454 g/mol. The molecule has 4 aromatic rings. The molecule has 8 heteroatoms. The zero-order valence-electron chi connectivity index (χ0n) is 19.3. The molecule has 1 saturated heterocycles. The molecule has 0 saturated carbocycles. The fraction of sp³-hybridized carbons (Fsp3) is 0.269. The maximum absolute atomic E-state index is 13.6. The van der Waals surface area contributed by atoms with E-state index < -0.39 is 0 Å². The number of imidazole rings is 1. The number of aromatic nitrogens is 5. The Balaban J connectivity index is 1.43. The maximum atomic E-state index is 13.6. The number of amides is 1. The fourth-order valence-electron chi connectivity index (χ4n) is 4.57. The molecule has 0 N–H and O–H groups in total. The lowest BCUT2D eigenvalue weighted by atomic mass is 10.0. The van der Waals surface area contributed by atoms with Crippen molar-refractivity contribution in [3.8, 4) is 17.3 Å². The van der Waals surface area contributed by atoms with E-state index in [9.17, 15) is 4.79 Å². The molecule has 1 amide bonds. The standard InChI is InChI=1S/C26H26N6O2/c1-31-15-13-30-25(31)24-23(28-11-12-29-24)21-7-5-14-32(21)26(33)19-9-10-27-20(17-19)16-18-6-3-4-8-22(18)34-2/h3-4,6,8-13,15,17,21H,5,7,14,16H2,1-2H3/t21-/m0/s1. The predicted molar refractivity (Wildman–Crippen MR) is 127 cm³/mol. The molecule has 34 heavy (non-hydrogen) atoms. The normalized spacial score (nSPS) is 15.5. The maximum Gasteiger partial charge on any atom is 0.254 e. The number of hydrogen-bond donors (Lipinski definition) is 0. The Morgan fingerprint density at radius 2 is 1.91 bits per heavy atom. The first-order valence-corrected chi connectivity index (χ1v) is 11.3. The number of hydrogen-bond acceptors (Lipinski definition) is 6. The molecule has 0 bridgehead atoms. The van der Waals surface area contributed by atoms with Crippen molar-refractivity contribution < 1.29 is 9.53 Å². The highest BCUT2D eigenvalue weighted by atomic mass is 16.5. The summed E-state index contributed by atoms with van der Waals surface area (Å²) >= 11 is 0. The Kier molecular flexibility index (Phi) is 6.03. The summed E-state index contributed by atoms with van der Waals surface area (Å²) < 4.78 is 7.39. The number of pyridine rings is 1. The number of carbonyl (C=O) groups is 1. The highest BCUT2D eigenvalue weighted by Crippen LogP contribution is 2.36. The van der Waals surface area contributed by atoms with E-state index in [4.69, 9.17) is 4.74 Å². The van der Waals surface area contributed by atoms with Crippen LogP contribution in [0.3, 0.4) is 0 Å². The average Bonchev–Trinajstić information content (AvgIpc) is 3.53. The molecule has 0 unspecified atom stereocenters. The summed E-state index contributed by atoms with van der Waals surface area (Å²) in [5, 5.41) is 0. The van der Waals surface area contributed by atoms with Gasteiger partial charge in [0.25, 0.3) is 5.91 Å². The van der Waals surface area contributed by atoms with Gasteiger partial charge in [-0.25, -0.2) is 9.97 Å². The van der Waals surface area contributed by atoms with Gasteiger partial charge in [-0.15, -0.1) is 0 Å². The van der Waals surface area contributed by atoms with Gasteiger partial charge in [0, 0.05) is 67.8 Å². The lowest BCUT2D eigenvalue weighted by molar-refractivity contribution is 0.0733. The first-order valence-electron chi connectivity index (χ1n) is 11.3. The van der Waals surface area contributed by atoms with E-state index in [0.717, 1.165) is 41.4 Å². The Hall–Kier alpha value is -4.07. The van der Waals surface area contributed by atoms with Crippen molar-refractivity contribution in [1.82, 2.24) is 29.4 Å². The molecule has 1 fully saturated rings. The molecule has 8 nitrogen and oxygen atoms in total. The minimum Gasteiger partial charge on any atom is -0.496 e. The van der Waals surface area contributed by atoms with Crippen molar-refractivity contribution in [3.05, 3.63) is 89.9 Å². The van der Waals surface area contributed by atoms with E-state index in [-0.39, 0.29) is 11.9 Å². The summed E-state index contributed by atoms with van der Waals surface area (Å²) in [6.07, 6.45) is 11.0. The summed E-state index contributed by atoms with van der Waals surface area (Å²) in [4.78, 5) is 33.7. The smallest absolute Gasteiger partial charge is 0.254 e. The molecule has 5 rings (SSSR count). The second kappa shape index (κ2) is 9.43. The summed E-state index contributed by atoms with van der Waals surface area (Å²) in [6.45, 7) is 0.671. The van der Waals surface area contributed by atoms with Crippen molar-refractivity contribution in [2.45, 2.75) is 25.3 Å². The lowest BCUT2D eigenvalue weighted by Gasteiger charge is -2.25. The van der Waals surface area contributed by atoms with Crippen LogP contribution >= 0.6 is 0 Å². The van der Waals surface area contributed by atoms with Crippen LogP contribution in [0.4, 0.5) is 0 Å². The van der Waals surface area contributed by atoms with Gasteiger partial charge in [0.15, 0.2) is 5.82 Å². The first-order chi connectivity index (χ1) is 16.7. The molecule has 0 aliphatic carbocycles. The van der Waals surface area contributed by atoms with Gasteiger partial charge in [0.05, 0.1) is 18.8 Å². The number of aryl methyl sites for hydroxylation is 1. The van der Waals surface area contributed by atoms with E-state index in [1.54, 1.807) is 38.0 Å². The largest absolute Gasteiger partial charge is 0.496 e. The van der Waals surface area contributed by atoms with E-state index in [1.165, 1.54) is 0 Å². The van der Waals surface area contributed by atoms with Crippen molar-refractivity contribution in [2.75, 3.05) is 13.7 Å². The Morgan fingerprint density at radius 1 is 1.06 bits per heavy atom. The minimum atomic E-state index is -0.154. The highest BCUT2D eigenvalue weighted by Gasteiger charge is 2.34. The van der Waals surface area contributed by atoms with Crippen LogP contribution in [-0.4, -0.2) is 49.0 Å². The van der Waals surface area contributed by atoms with E-state index in [1.807, 2.05) is 53.0 Å². The second-order valence-corrected chi connectivity index (χ2v) is 8.33. The van der Waals surface area contributed by atoms with Gasteiger partial charge in [0.2, 0.25) is 0 Å². The first kappa shape index (κ1) is 21.8. The van der Waals surface area contributed by atoms with E-state index in [2.05, 4.69) is 19.9 Å². The number of carbonyl (C=O) groups excluding carboxylic acids is 1. The third-order valence-corrected chi connectivity index (χ3v) is 6.22. The van der Waals surface area contributed by atoms with E-state index in [0.29, 0.717) is 24.2 Å². The van der Waals surface area contributed by atoms with Gasteiger partial charge in [-0.05, 0) is 31.0 Å². The Labute approximate surface area is 198 Å². The molecule has 4 heterocycles. The van der Waals surface area contributed by atoms with E-state index >= 15 is 0 Å². The zero-order chi connectivity index (χ0) is 23.5. The van der Waals surface area contributed by atoms with Crippen molar-refractivity contribution in [1.29, 1.82) is 0 Å². The average molecular weight is 455 g/mol. The van der Waals surface area contributed by atoms with Crippen LogP contribution < -0.4 is 4.74 Å². The van der Waals surface area contributed by atoms with Crippen LogP contribution in [0.25, 0.3) is 11.5 Å². The van der Waals surface area contributed by atoms with Crippen LogP contribution in [0.1, 0.15) is 46.2 Å². The molecule has 1 aromatic carbocycles. The SMILES string of the molecule is COc1ccccc1Cc1cc(C(=O)N2CCC[C@H]2c2nccnc2-c2nccn2C)ccn1. The van der Waals surface area contributed by atoms with Crippen LogP contribution in [0, 0.1) is 0 Å². The molecule has 1 aliphatic rings. The number of benzene rings is 1. The van der Waals surface area contributed by atoms with Crippen LogP contribution in [-0.2, 0) is 13.5 Å². The van der Waals surface area contributed by atoms with Gasteiger partial charge >= 0.3 is 0 Å². The van der Waals surface area contributed by atoms with Crippen LogP contribution in [0.2, 0.25) is 0 Å². The van der Waals surface area contributed by atoms with Crippen molar-refractivity contribution >= 4 is 5.91 Å². The number of methoxy groups -OCH3 is 1. The van der Waals surface area contributed by atoms with Gasteiger partial charge in [-0.1, -0.05) is 18.2 Å². The van der Waals surface area contributed by atoms with Gasteiger partial charge in [0.1, 0.15) is 11.4 Å². The molecular formula is C26H26N6O2. The number of ether oxygens (including phenoxy) is 1. The number of likely N-dealkylation sites (tertiary alicyclic amines) is 1. The summed E-state index contributed by atoms with van der Waals surface area (Å²) in [5.74, 6) is 1.53. The fourth-order valence-corrected chi connectivity index (χ4v) is 4.57. The second-order valence-electron chi connectivity index (χ2n) is 8.33. The van der Waals surface area contributed by atoms with Crippen LogP contribution in [0.5, 0.6) is 5.75 Å². The summed E-state index contributed by atoms with van der Waals surface area (Å²) in [7, 11) is 3.59. The molecule has 0 radical (unpaired) electrons. The molecule has 1 atom stereocenters. The zero-order valence-corrected chi connectivity index (χ0v) is 19.3. The molecule has 1 aliphatic heterocycles. The quantitative estimate of drug-likeness (QED) is 0.440. The van der Waals surface area contributed by atoms with Gasteiger partial charge in [-0.2, -0.15) is 0 Å². The number of para-hydroxylation sites is 1. The van der Waals surface area contributed by atoms with Crippen molar-refractivity contribution in [3.63, 3.8) is 0 Å². The highest BCUT2D eigenvalue weighted by molar-refractivity contribution is 5.94. The topological polar surface area (TPSA) is 86.0 Å². The Morgan fingerprint density at radius 3 is 2.74 bits per heavy atom. The molecule has 172 valence electrons. The summed E-state index contributed by atoms with van der Waals surface area (Å²) in [5.41, 5.74) is 3.96. The molecule has 0 spiro atoms. The third kappa shape index (κ3) is 4.14. The molecular weight excluding hydrogens is 428 g/mol. The van der Waals surface area contributed by atoms with Gasteiger partial charge in [-0.3, -0.25) is 14.8 Å². The van der Waals surface area contributed by atoms with Gasteiger partial charge < -0.3 is 14.2 Å². The predicted octanol–water partition coefficient (Wildman–Crippen LogP) is 3.85.